The molecule has 0 fully saturated rings. The molecule has 0 saturated carbocycles. The van der Waals surface area contributed by atoms with Gasteiger partial charge in [0.1, 0.15) is 0 Å². The molecule has 0 aliphatic carbocycles. The number of nitrogens with zero attached hydrogens (tertiary/aromatic N) is 2. The molecule has 0 aliphatic rings. The molecule has 0 amide bonds. The van der Waals surface area contributed by atoms with E-state index in [1.165, 1.54) is 5.56 Å². The highest BCUT2D eigenvalue weighted by Gasteiger charge is 2.00. The summed E-state index contributed by atoms with van der Waals surface area (Å²) in [5.74, 6) is 0.919. The van der Waals surface area contributed by atoms with E-state index >= 15 is 0 Å². The maximum atomic E-state index is 5.81. The van der Waals surface area contributed by atoms with Crippen molar-refractivity contribution in [2.24, 2.45) is 7.05 Å². The number of benzene rings is 1. The summed E-state index contributed by atoms with van der Waals surface area (Å²) in [6, 6.07) is 7.91. The predicted molar refractivity (Wildman–Crippen MR) is 64.2 cm³/mol. The van der Waals surface area contributed by atoms with E-state index < -0.39 is 0 Å². The zero-order valence-corrected chi connectivity index (χ0v) is 9.92. The molecule has 2 nitrogen and oxygen atoms in total. The van der Waals surface area contributed by atoms with Gasteiger partial charge in [0.05, 0.1) is 0 Å². The molecule has 0 N–H and O–H groups in total. The highest BCUT2D eigenvalue weighted by atomic mass is 35.5. The molecule has 1 heterocycles. The third kappa shape index (κ3) is 2.76. The molecule has 0 saturated heterocycles. The van der Waals surface area contributed by atoms with Gasteiger partial charge in [0.25, 0.3) is 0 Å². The highest BCUT2D eigenvalue weighted by molar-refractivity contribution is 7.98. The number of hydrogen-bond donors (Lipinski definition) is 0. The van der Waals surface area contributed by atoms with Crippen LogP contribution in [-0.4, -0.2) is 9.55 Å². The van der Waals surface area contributed by atoms with Crippen molar-refractivity contribution in [1.82, 2.24) is 9.55 Å². The maximum Gasteiger partial charge on any atom is 0.167 e. The molecule has 0 radical (unpaired) electrons. The molecule has 2 aromatic rings. The molecule has 78 valence electrons. The van der Waals surface area contributed by atoms with Crippen LogP contribution in [0.5, 0.6) is 0 Å². The lowest BCUT2D eigenvalue weighted by atomic mass is 10.2. The number of halogens is 1. The highest BCUT2D eigenvalue weighted by Crippen LogP contribution is 2.21. The first-order chi connectivity index (χ1) is 7.25. The summed E-state index contributed by atoms with van der Waals surface area (Å²) < 4.78 is 2.01. The van der Waals surface area contributed by atoms with E-state index in [-0.39, 0.29) is 0 Å². The normalized spacial score (nSPS) is 10.5. The van der Waals surface area contributed by atoms with Crippen molar-refractivity contribution in [3.05, 3.63) is 47.2 Å². The summed E-state index contributed by atoms with van der Waals surface area (Å²) in [6.45, 7) is 0. The lowest BCUT2D eigenvalue weighted by Gasteiger charge is -2.01. The third-order valence-electron chi connectivity index (χ3n) is 2.06. The second-order valence-corrected chi connectivity index (χ2v) is 4.61. The van der Waals surface area contributed by atoms with Gasteiger partial charge in [0, 0.05) is 30.2 Å². The van der Waals surface area contributed by atoms with E-state index in [4.69, 9.17) is 11.6 Å². The van der Waals surface area contributed by atoms with Crippen molar-refractivity contribution < 1.29 is 0 Å². The van der Waals surface area contributed by atoms with Crippen LogP contribution in [0.3, 0.4) is 0 Å². The number of thioether (sulfide) groups is 1. The van der Waals surface area contributed by atoms with E-state index in [1.54, 1.807) is 11.8 Å². The Bertz CT molecular complexity index is 436. The van der Waals surface area contributed by atoms with E-state index in [1.807, 2.05) is 48.3 Å². The maximum absolute atomic E-state index is 5.81. The molecular formula is C11H11ClN2S. The molecule has 0 aliphatic heterocycles. The minimum absolute atomic E-state index is 0.778. The van der Waals surface area contributed by atoms with Crippen LogP contribution in [0.25, 0.3) is 0 Å². The number of aryl methyl sites for hydroxylation is 1. The number of imidazole rings is 1. The van der Waals surface area contributed by atoms with Gasteiger partial charge >= 0.3 is 0 Å². The van der Waals surface area contributed by atoms with Gasteiger partial charge in [-0.1, -0.05) is 35.5 Å². The second kappa shape index (κ2) is 4.73. The molecule has 15 heavy (non-hydrogen) atoms. The van der Waals surface area contributed by atoms with E-state index in [0.717, 1.165) is 15.9 Å². The molecular weight excluding hydrogens is 228 g/mol. The minimum atomic E-state index is 0.778. The topological polar surface area (TPSA) is 17.8 Å². The van der Waals surface area contributed by atoms with Crippen molar-refractivity contribution in [2.45, 2.75) is 10.9 Å². The Hall–Kier alpha value is -0.930. The van der Waals surface area contributed by atoms with Gasteiger partial charge < -0.3 is 4.57 Å². The monoisotopic (exact) mass is 238 g/mol. The summed E-state index contributed by atoms with van der Waals surface area (Å²) in [4.78, 5) is 4.25. The number of aromatic nitrogens is 2. The van der Waals surface area contributed by atoms with E-state index in [2.05, 4.69) is 4.98 Å². The van der Waals surface area contributed by atoms with Crippen LogP contribution in [0, 0.1) is 0 Å². The quantitative estimate of drug-likeness (QED) is 0.763. The van der Waals surface area contributed by atoms with Crippen LogP contribution in [0.1, 0.15) is 5.56 Å². The Labute approximate surface area is 98.3 Å². The molecule has 0 spiro atoms. The summed E-state index contributed by atoms with van der Waals surface area (Å²) in [7, 11) is 2.00. The van der Waals surface area contributed by atoms with Crippen LogP contribution < -0.4 is 0 Å². The first-order valence-electron chi connectivity index (χ1n) is 4.60. The fourth-order valence-corrected chi connectivity index (χ4v) is 2.23. The smallest absolute Gasteiger partial charge is 0.167 e. The van der Waals surface area contributed by atoms with Gasteiger partial charge in [-0.25, -0.2) is 4.98 Å². The van der Waals surface area contributed by atoms with Crippen LogP contribution in [0.4, 0.5) is 0 Å². The Morgan fingerprint density at radius 1 is 1.33 bits per heavy atom. The Balaban J connectivity index is 1.99. The lowest BCUT2D eigenvalue weighted by molar-refractivity contribution is 0.790. The molecule has 2 rings (SSSR count). The van der Waals surface area contributed by atoms with Gasteiger partial charge in [0.15, 0.2) is 5.16 Å². The van der Waals surface area contributed by atoms with Crippen molar-refractivity contribution in [1.29, 1.82) is 0 Å². The van der Waals surface area contributed by atoms with Crippen LogP contribution >= 0.6 is 23.4 Å². The number of rotatable bonds is 3. The molecule has 1 aromatic carbocycles. The third-order valence-corrected chi connectivity index (χ3v) is 3.44. The second-order valence-electron chi connectivity index (χ2n) is 3.24. The molecule has 0 bridgehead atoms. The molecule has 0 unspecified atom stereocenters. The average molecular weight is 239 g/mol. The minimum Gasteiger partial charge on any atom is -0.329 e. The standard InChI is InChI=1S/C11H11ClN2S/c1-14-7-6-13-11(14)15-8-9-2-4-10(12)5-3-9/h2-7H,8H2,1H3. The molecule has 4 heteroatoms. The first kappa shape index (κ1) is 10.6. The van der Waals surface area contributed by atoms with Crippen molar-refractivity contribution in [2.75, 3.05) is 0 Å². The first-order valence-corrected chi connectivity index (χ1v) is 5.96. The fraction of sp³-hybridized carbons (Fsp3) is 0.182. The summed E-state index contributed by atoms with van der Waals surface area (Å²) in [6.07, 6.45) is 3.76. The molecule has 0 atom stereocenters. The van der Waals surface area contributed by atoms with Crippen LogP contribution in [0.2, 0.25) is 5.02 Å². The van der Waals surface area contributed by atoms with Gasteiger partial charge in [-0.2, -0.15) is 0 Å². The Kier molecular flexibility index (Phi) is 3.34. The summed E-state index contributed by atoms with van der Waals surface area (Å²) in [5, 5.41) is 1.81. The van der Waals surface area contributed by atoms with Crippen molar-refractivity contribution in [3.63, 3.8) is 0 Å². The fourth-order valence-electron chi connectivity index (χ4n) is 1.22. The largest absolute Gasteiger partial charge is 0.329 e. The number of hydrogen-bond acceptors (Lipinski definition) is 2. The van der Waals surface area contributed by atoms with Gasteiger partial charge in [-0.3, -0.25) is 0 Å². The zero-order valence-electron chi connectivity index (χ0n) is 8.35. The molecule has 1 aromatic heterocycles. The van der Waals surface area contributed by atoms with E-state index in [9.17, 15) is 0 Å². The average Bonchev–Trinajstić information content (AvgIpc) is 2.63. The lowest BCUT2D eigenvalue weighted by Crippen LogP contribution is -1.89. The van der Waals surface area contributed by atoms with Crippen molar-refractivity contribution >= 4 is 23.4 Å². The van der Waals surface area contributed by atoms with Gasteiger partial charge in [-0.15, -0.1) is 0 Å². The van der Waals surface area contributed by atoms with Crippen LogP contribution in [0.15, 0.2) is 41.8 Å². The summed E-state index contributed by atoms with van der Waals surface area (Å²) in [5.41, 5.74) is 1.26. The van der Waals surface area contributed by atoms with E-state index in [0.29, 0.717) is 0 Å². The Morgan fingerprint density at radius 2 is 2.07 bits per heavy atom. The van der Waals surface area contributed by atoms with Crippen molar-refractivity contribution in [3.8, 4) is 0 Å². The van der Waals surface area contributed by atoms with Gasteiger partial charge in [-0.05, 0) is 17.7 Å². The zero-order chi connectivity index (χ0) is 10.7. The Morgan fingerprint density at radius 3 is 2.67 bits per heavy atom. The van der Waals surface area contributed by atoms with Gasteiger partial charge in [0.2, 0.25) is 0 Å². The SMILES string of the molecule is Cn1ccnc1SCc1ccc(Cl)cc1. The summed E-state index contributed by atoms with van der Waals surface area (Å²) >= 11 is 7.53. The predicted octanol–water partition coefficient (Wildman–Crippen LogP) is 3.37. The van der Waals surface area contributed by atoms with Crippen LogP contribution in [-0.2, 0) is 12.8 Å².